The molecule has 2 aliphatic carbocycles. The first-order chi connectivity index (χ1) is 5.36. The lowest BCUT2D eigenvalue weighted by molar-refractivity contribution is 0.486. The van der Waals surface area contributed by atoms with Crippen molar-refractivity contribution in [1.29, 1.82) is 0 Å². The predicted molar refractivity (Wildman–Crippen MR) is 49.8 cm³/mol. The molecule has 64 valence electrons. The maximum absolute atomic E-state index is 5.55. The van der Waals surface area contributed by atoms with E-state index in [4.69, 9.17) is 5.73 Å². The first-order valence-corrected chi connectivity index (χ1v) is 5.04. The molecule has 0 aromatic carbocycles. The molecule has 0 aromatic heterocycles. The molecule has 2 saturated carbocycles. The first kappa shape index (κ1) is 7.90. The van der Waals surface area contributed by atoms with Gasteiger partial charge >= 0.3 is 0 Å². The van der Waals surface area contributed by atoms with E-state index in [2.05, 4.69) is 17.9 Å². The molecule has 0 radical (unpaired) electrons. The quantitative estimate of drug-likeness (QED) is 0.515. The van der Waals surface area contributed by atoms with Crippen molar-refractivity contribution in [2.75, 3.05) is 18.8 Å². The molecule has 3 N–H and O–H groups in total. The summed E-state index contributed by atoms with van der Waals surface area (Å²) in [6, 6.07) is 0.865. The molecule has 0 amide bonds. The predicted octanol–water partition coefficient (Wildman–Crippen LogP) is 0.0990. The molecule has 0 saturated heterocycles. The Morgan fingerprint density at radius 2 is 2.27 bits per heavy atom. The number of rotatable bonds is 5. The van der Waals surface area contributed by atoms with Crippen molar-refractivity contribution >= 4 is 12.6 Å². The van der Waals surface area contributed by atoms with Crippen molar-refractivity contribution in [3.63, 3.8) is 0 Å². The van der Waals surface area contributed by atoms with Gasteiger partial charge in [0.05, 0.1) is 0 Å². The van der Waals surface area contributed by atoms with Crippen molar-refractivity contribution in [2.24, 2.45) is 23.5 Å². The SMILES string of the molecule is NC[C@H](CS)CN[C@@H]1C2C[C@@H]21. The van der Waals surface area contributed by atoms with Gasteiger partial charge in [-0.2, -0.15) is 12.6 Å². The maximum Gasteiger partial charge on any atom is 0.0130 e. The highest BCUT2D eigenvalue weighted by Crippen LogP contribution is 2.62. The summed E-state index contributed by atoms with van der Waals surface area (Å²) >= 11 is 4.23. The number of nitrogens with one attached hydrogen (secondary N) is 1. The maximum atomic E-state index is 5.55. The van der Waals surface area contributed by atoms with Crippen molar-refractivity contribution in [1.82, 2.24) is 5.32 Å². The Bertz CT molecular complexity index is 139. The summed E-state index contributed by atoms with van der Waals surface area (Å²) in [5.74, 6) is 3.57. The Hall–Kier alpha value is 0.270. The zero-order valence-corrected chi connectivity index (χ0v) is 7.56. The first-order valence-electron chi connectivity index (χ1n) is 4.41. The van der Waals surface area contributed by atoms with Crippen LogP contribution in [-0.2, 0) is 0 Å². The van der Waals surface area contributed by atoms with Gasteiger partial charge in [-0.05, 0) is 36.5 Å². The largest absolute Gasteiger partial charge is 0.330 e. The molecule has 0 heterocycles. The van der Waals surface area contributed by atoms with Crippen LogP contribution >= 0.6 is 12.6 Å². The Labute approximate surface area is 73.3 Å². The van der Waals surface area contributed by atoms with Crippen molar-refractivity contribution < 1.29 is 0 Å². The molecule has 2 fully saturated rings. The fourth-order valence-corrected chi connectivity index (χ4v) is 1.88. The fourth-order valence-electron chi connectivity index (χ4n) is 1.61. The van der Waals surface area contributed by atoms with Crippen LogP contribution in [0.1, 0.15) is 6.42 Å². The third-order valence-electron chi connectivity index (χ3n) is 2.91. The molecule has 2 nitrogen and oxygen atoms in total. The molecule has 3 heteroatoms. The lowest BCUT2D eigenvalue weighted by Crippen LogP contribution is -2.33. The summed E-state index contributed by atoms with van der Waals surface area (Å²) in [5.41, 5.74) is 5.55. The third-order valence-corrected chi connectivity index (χ3v) is 3.42. The Kier molecular flexibility index (Phi) is 2.12. The van der Waals surface area contributed by atoms with Crippen LogP contribution in [0.25, 0.3) is 0 Å². The Balaban J connectivity index is 1.57. The zero-order valence-electron chi connectivity index (χ0n) is 6.66. The van der Waals surface area contributed by atoms with Crippen LogP contribution in [0.2, 0.25) is 0 Å². The van der Waals surface area contributed by atoms with Gasteiger partial charge in [-0.25, -0.2) is 0 Å². The van der Waals surface area contributed by atoms with E-state index < -0.39 is 0 Å². The van der Waals surface area contributed by atoms with Gasteiger partial charge in [-0.3, -0.25) is 0 Å². The van der Waals surface area contributed by atoms with Crippen LogP contribution in [-0.4, -0.2) is 24.9 Å². The highest BCUT2D eigenvalue weighted by Gasteiger charge is 2.63. The molecule has 11 heavy (non-hydrogen) atoms. The van der Waals surface area contributed by atoms with E-state index in [-0.39, 0.29) is 0 Å². The number of nitrogens with two attached hydrogens (primary N) is 1. The summed E-state index contributed by atoms with van der Waals surface area (Å²) in [4.78, 5) is 0. The van der Waals surface area contributed by atoms with Crippen LogP contribution in [0.15, 0.2) is 0 Å². The van der Waals surface area contributed by atoms with Crippen molar-refractivity contribution in [2.45, 2.75) is 12.5 Å². The van der Waals surface area contributed by atoms with Crippen LogP contribution < -0.4 is 11.1 Å². The smallest absolute Gasteiger partial charge is 0.0130 e. The van der Waals surface area contributed by atoms with Crippen molar-refractivity contribution in [3.05, 3.63) is 0 Å². The highest BCUT2D eigenvalue weighted by atomic mass is 32.1. The molecule has 0 bridgehead atoms. The van der Waals surface area contributed by atoms with Gasteiger partial charge in [0, 0.05) is 12.6 Å². The van der Waals surface area contributed by atoms with Gasteiger partial charge in [0.15, 0.2) is 0 Å². The highest BCUT2D eigenvalue weighted by molar-refractivity contribution is 7.80. The summed E-state index contributed by atoms with van der Waals surface area (Å²) < 4.78 is 0. The summed E-state index contributed by atoms with van der Waals surface area (Å²) in [6.45, 7) is 1.83. The van der Waals surface area contributed by atoms with E-state index in [1.165, 1.54) is 6.42 Å². The van der Waals surface area contributed by atoms with Gasteiger partial charge in [0.25, 0.3) is 0 Å². The summed E-state index contributed by atoms with van der Waals surface area (Å²) in [7, 11) is 0. The molecule has 2 rings (SSSR count). The van der Waals surface area contributed by atoms with E-state index in [1.807, 2.05) is 0 Å². The van der Waals surface area contributed by atoms with E-state index in [0.717, 1.165) is 36.7 Å². The van der Waals surface area contributed by atoms with E-state index in [0.29, 0.717) is 5.92 Å². The third kappa shape index (κ3) is 1.55. The average Bonchev–Trinajstić information content (AvgIpc) is 2.85. The molecule has 1 unspecified atom stereocenters. The second-order valence-corrected chi connectivity index (χ2v) is 4.15. The van der Waals surface area contributed by atoms with E-state index >= 15 is 0 Å². The zero-order chi connectivity index (χ0) is 7.84. The van der Waals surface area contributed by atoms with E-state index in [1.54, 1.807) is 0 Å². The van der Waals surface area contributed by atoms with Crippen LogP contribution in [0.5, 0.6) is 0 Å². The summed E-state index contributed by atoms with van der Waals surface area (Å²) in [6.07, 6.45) is 1.48. The van der Waals surface area contributed by atoms with E-state index in [9.17, 15) is 0 Å². The molecular weight excluding hydrogens is 156 g/mol. The standard InChI is InChI=1S/C8H16N2S/c9-2-5(4-11)3-10-8-6-1-7(6)8/h5-8,10-11H,1-4,9H2/t5-,6-,7?,8-/m0/s1. The molecule has 0 aliphatic heterocycles. The lowest BCUT2D eigenvalue weighted by atomic mass is 10.2. The minimum atomic E-state index is 0.568. The average molecular weight is 172 g/mol. The minimum absolute atomic E-state index is 0.568. The van der Waals surface area contributed by atoms with Crippen LogP contribution in [0.4, 0.5) is 0 Å². The van der Waals surface area contributed by atoms with Gasteiger partial charge in [-0.15, -0.1) is 0 Å². The van der Waals surface area contributed by atoms with Crippen LogP contribution in [0, 0.1) is 17.8 Å². The van der Waals surface area contributed by atoms with Gasteiger partial charge in [0.2, 0.25) is 0 Å². The molecular formula is C8H16N2S. The topological polar surface area (TPSA) is 38.0 Å². The van der Waals surface area contributed by atoms with Crippen LogP contribution in [0.3, 0.4) is 0 Å². The second kappa shape index (κ2) is 2.96. The lowest BCUT2D eigenvalue weighted by Gasteiger charge is -2.13. The van der Waals surface area contributed by atoms with Gasteiger partial charge < -0.3 is 11.1 Å². The number of thiol groups is 1. The summed E-state index contributed by atoms with van der Waals surface area (Å²) in [5, 5.41) is 3.53. The Morgan fingerprint density at radius 3 is 2.64 bits per heavy atom. The van der Waals surface area contributed by atoms with Gasteiger partial charge in [-0.1, -0.05) is 0 Å². The van der Waals surface area contributed by atoms with Crippen molar-refractivity contribution in [3.8, 4) is 0 Å². The molecule has 0 spiro atoms. The van der Waals surface area contributed by atoms with Gasteiger partial charge in [0.1, 0.15) is 0 Å². The number of hydrogen-bond acceptors (Lipinski definition) is 3. The second-order valence-electron chi connectivity index (χ2n) is 3.78. The monoisotopic (exact) mass is 172 g/mol. The molecule has 2 aliphatic rings. The number of hydrogen-bond donors (Lipinski definition) is 3. The normalized spacial score (nSPS) is 41.5. The fraction of sp³-hybridized carbons (Fsp3) is 1.00. The Morgan fingerprint density at radius 1 is 1.55 bits per heavy atom. The number of fused-ring (bicyclic) bond motifs is 1. The minimum Gasteiger partial charge on any atom is -0.330 e. The molecule has 0 aromatic rings. The molecule has 4 atom stereocenters.